The summed E-state index contributed by atoms with van der Waals surface area (Å²) in [6.45, 7) is 1.91. The Kier molecular flexibility index (Phi) is 6.25. The number of nitrogens with zero attached hydrogens (tertiary/aromatic N) is 1. The predicted molar refractivity (Wildman–Crippen MR) is 103 cm³/mol. The molecule has 0 radical (unpaired) electrons. The van der Waals surface area contributed by atoms with Crippen LogP contribution in [0, 0.1) is 0 Å². The number of hydrogen-bond acceptors (Lipinski definition) is 5. The zero-order valence-corrected chi connectivity index (χ0v) is 15.6. The maximum atomic E-state index is 12.3. The number of rotatable bonds is 6. The maximum absolute atomic E-state index is 12.3. The van der Waals surface area contributed by atoms with Gasteiger partial charge >= 0.3 is 0 Å². The van der Waals surface area contributed by atoms with Crippen LogP contribution in [0.4, 0.5) is 5.69 Å². The molecule has 0 unspecified atom stereocenters. The number of nitrogens with one attached hydrogen (secondary N) is 2. The predicted octanol–water partition coefficient (Wildman–Crippen LogP) is 2.59. The summed E-state index contributed by atoms with van der Waals surface area (Å²) in [5.41, 5.74) is 1.39. The van der Waals surface area contributed by atoms with Crippen molar-refractivity contribution in [1.82, 2.24) is 10.2 Å². The Bertz CT molecular complexity index is 740. The number of benzene rings is 1. The van der Waals surface area contributed by atoms with Crippen LogP contribution >= 0.6 is 11.3 Å². The molecule has 2 N–H and O–H groups in total. The zero-order chi connectivity index (χ0) is 18.4. The van der Waals surface area contributed by atoms with Gasteiger partial charge in [-0.05, 0) is 36.4 Å². The Labute approximate surface area is 157 Å². The van der Waals surface area contributed by atoms with E-state index in [0.29, 0.717) is 23.5 Å². The number of para-hydroxylation sites is 2. The lowest BCUT2D eigenvalue weighted by Gasteiger charge is -2.31. The van der Waals surface area contributed by atoms with Gasteiger partial charge in [-0.15, -0.1) is 0 Å². The largest absolute Gasteiger partial charge is 0.495 e. The molecule has 1 aliphatic heterocycles. The van der Waals surface area contributed by atoms with Crippen LogP contribution in [0.5, 0.6) is 5.75 Å². The highest BCUT2D eigenvalue weighted by Gasteiger charge is 2.22. The van der Waals surface area contributed by atoms with E-state index in [2.05, 4.69) is 15.5 Å². The summed E-state index contributed by atoms with van der Waals surface area (Å²) >= 11 is 1.52. The summed E-state index contributed by atoms with van der Waals surface area (Å²) in [5, 5.41) is 9.73. The van der Waals surface area contributed by atoms with E-state index in [1.165, 1.54) is 11.3 Å². The zero-order valence-electron chi connectivity index (χ0n) is 14.7. The van der Waals surface area contributed by atoms with E-state index >= 15 is 0 Å². The van der Waals surface area contributed by atoms with E-state index in [0.717, 1.165) is 25.9 Å². The summed E-state index contributed by atoms with van der Waals surface area (Å²) in [6.07, 6.45) is 1.69. The van der Waals surface area contributed by atoms with Gasteiger partial charge in [0.25, 0.3) is 5.91 Å². The van der Waals surface area contributed by atoms with Crippen LogP contribution in [0.3, 0.4) is 0 Å². The van der Waals surface area contributed by atoms with Crippen LogP contribution < -0.4 is 15.4 Å². The van der Waals surface area contributed by atoms with Crippen LogP contribution in [0.15, 0.2) is 41.1 Å². The van der Waals surface area contributed by atoms with Crippen LogP contribution in [0.2, 0.25) is 0 Å². The van der Waals surface area contributed by atoms with Crippen molar-refractivity contribution in [3.8, 4) is 5.75 Å². The van der Waals surface area contributed by atoms with E-state index < -0.39 is 0 Å². The molecule has 0 bridgehead atoms. The Hall–Kier alpha value is -2.38. The highest BCUT2D eigenvalue weighted by molar-refractivity contribution is 7.08. The van der Waals surface area contributed by atoms with Crippen molar-refractivity contribution in [2.24, 2.45) is 0 Å². The van der Waals surface area contributed by atoms with Gasteiger partial charge in [0.1, 0.15) is 5.75 Å². The molecule has 2 heterocycles. The molecule has 0 spiro atoms. The second-order valence-electron chi connectivity index (χ2n) is 6.28. The number of piperidine rings is 1. The molecule has 138 valence electrons. The second kappa shape index (κ2) is 8.82. The fraction of sp³-hybridized carbons (Fsp3) is 0.368. The van der Waals surface area contributed by atoms with E-state index in [-0.39, 0.29) is 17.9 Å². The number of anilines is 1. The van der Waals surface area contributed by atoms with Gasteiger partial charge in [-0.25, -0.2) is 0 Å². The quantitative estimate of drug-likeness (QED) is 0.817. The van der Waals surface area contributed by atoms with Crippen molar-refractivity contribution in [3.63, 3.8) is 0 Å². The summed E-state index contributed by atoms with van der Waals surface area (Å²) in [4.78, 5) is 26.5. The third-order valence-corrected chi connectivity index (χ3v) is 5.14. The molecule has 2 aromatic rings. The number of amides is 2. The minimum atomic E-state index is -0.0599. The minimum Gasteiger partial charge on any atom is -0.495 e. The molecule has 3 rings (SSSR count). The van der Waals surface area contributed by atoms with Gasteiger partial charge in [0, 0.05) is 30.1 Å². The first kappa shape index (κ1) is 18.4. The fourth-order valence-electron chi connectivity index (χ4n) is 3.04. The maximum Gasteiger partial charge on any atom is 0.252 e. The molecule has 2 amide bonds. The van der Waals surface area contributed by atoms with Crippen molar-refractivity contribution < 1.29 is 14.3 Å². The molecule has 1 aromatic carbocycles. The van der Waals surface area contributed by atoms with Gasteiger partial charge in [-0.1, -0.05) is 12.1 Å². The summed E-state index contributed by atoms with van der Waals surface area (Å²) in [7, 11) is 1.58. The topological polar surface area (TPSA) is 70.7 Å². The number of methoxy groups -OCH3 is 1. The fourth-order valence-corrected chi connectivity index (χ4v) is 3.67. The van der Waals surface area contributed by atoms with Crippen LogP contribution in [-0.2, 0) is 4.79 Å². The Morgan fingerprint density at radius 1 is 1.23 bits per heavy atom. The van der Waals surface area contributed by atoms with Gasteiger partial charge in [0.2, 0.25) is 5.91 Å². The smallest absolute Gasteiger partial charge is 0.252 e. The average molecular weight is 373 g/mol. The lowest BCUT2D eigenvalue weighted by atomic mass is 10.0. The first-order chi connectivity index (χ1) is 12.7. The van der Waals surface area contributed by atoms with Gasteiger partial charge in [0.15, 0.2) is 0 Å². The summed E-state index contributed by atoms with van der Waals surface area (Å²) in [5.74, 6) is 0.574. The molecule has 1 fully saturated rings. The Morgan fingerprint density at radius 2 is 2.00 bits per heavy atom. The molecule has 0 aliphatic carbocycles. The summed E-state index contributed by atoms with van der Waals surface area (Å²) in [6, 6.07) is 9.36. The number of carbonyl (C=O) groups excluding carboxylic acids is 2. The molecule has 6 nitrogen and oxygen atoms in total. The lowest BCUT2D eigenvalue weighted by molar-refractivity contribution is -0.117. The van der Waals surface area contributed by atoms with Crippen molar-refractivity contribution in [2.45, 2.75) is 18.9 Å². The molecule has 1 saturated heterocycles. The van der Waals surface area contributed by atoms with Crippen molar-refractivity contribution in [3.05, 3.63) is 46.7 Å². The molecular weight excluding hydrogens is 350 g/mol. The third kappa shape index (κ3) is 4.83. The number of ether oxygens (including phenoxy) is 1. The number of hydrogen-bond donors (Lipinski definition) is 2. The SMILES string of the molecule is COc1ccccc1NC(=O)CN1CCC(NC(=O)c2ccsc2)CC1. The van der Waals surface area contributed by atoms with E-state index in [1.807, 2.05) is 41.1 Å². The molecule has 26 heavy (non-hydrogen) atoms. The molecule has 0 atom stereocenters. The summed E-state index contributed by atoms with van der Waals surface area (Å²) < 4.78 is 5.25. The Morgan fingerprint density at radius 3 is 2.69 bits per heavy atom. The molecular formula is C19H23N3O3S. The average Bonchev–Trinajstić information content (AvgIpc) is 3.18. The van der Waals surface area contributed by atoms with Crippen molar-refractivity contribution >= 4 is 28.8 Å². The highest BCUT2D eigenvalue weighted by Crippen LogP contribution is 2.23. The van der Waals surface area contributed by atoms with Gasteiger partial charge in [0.05, 0.1) is 19.3 Å². The molecule has 1 aliphatic rings. The van der Waals surface area contributed by atoms with E-state index in [4.69, 9.17) is 4.74 Å². The highest BCUT2D eigenvalue weighted by atomic mass is 32.1. The molecule has 7 heteroatoms. The van der Waals surface area contributed by atoms with E-state index in [1.54, 1.807) is 7.11 Å². The number of carbonyl (C=O) groups is 2. The first-order valence-electron chi connectivity index (χ1n) is 8.64. The number of thiophene rings is 1. The van der Waals surface area contributed by atoms with Crippen LogP contribution in [0.25, 0.3) is 0 Å². The van der Waals surface area contributed by atoms with Crippen LogP contribution in [0.1, 0.15) is 23.2 Å². The lowest BCUT2D eigenvalue weighted by Crippen LogP contribution is -2.46. The van der Waals surface area contributed by atoms with Crippen molar-refractivity contribution in [2.75, 3.05) is 32.1 Å². The molecule has 0 saturated carbocycles. The van der Waals surface area contributed by atoms with E-state index in [9.17, 15) is 9.59 Å². The first-order valence-corrected chi connectivity index (χ1v) is 9.58. The molecule has 1 aromatic heterocycles. The van der Waals surface area contributed by atoms with Crippen molar-refractivity contribution in [1.29, 1.82) is 0 Å². The Balaban J connectivity index is 1.43. The standard InChI is InChI=1S/C19H23N3O3S/c1-25-17-5-3-2-4-16(17)21-18(23)12-22-9-6-15(7-10-22)20-19(24)14-8-11-26-13-14/h2-5,8,11,13,15H,6-7,9-10,12H2,1H3,(H,20,24)(H,21,23). The normalized spacial score (nSPS) is 15.4. The van der Waals surface area contributed by atoms with Crippen LogP contribution in [-0.4, -0.2) is 49.5 Å². The van der Waals surface area contributed by atoms with Gasteiger partial charge in [-0.2, -0.15) is 11.3 Å². The monoisotopic (exact) mass is 373 g/mol. The second-order valence-corrected chi connectivity index (χ2v) is 7.06. The number of likely N-dealkylation sites (tertiary alicyclic amines) is 1. The minimum absolute atomic E-state index is 0.0152. The third-order valence-electron chi connectivity index (χ3n) is 4.45. The van der Waals surface area contributed by atoms with Gasteiger partial charge < -0.3 is 15.4 Å². The van der Waals surface area contributed by atoms with Gasteiger partial charge in [-0.3, -0.25) is 14.5 Å².